The van der Waals surface area contributed by atoms with Gasteiger partial charge in [-0.2, -0.15) is 5.10 Å². The number of hydrogen-bond acceptors (Lipinski definition) is 3. The molecular weight excluding hydrogens is 237 g/mol. The van der Waals surface area contributed by atoms with Crippen LogP contribution < -0.4 is 5.32 Å². The number of aromatic nitrogens is 2. The van der Waals surface area contributed by atoms with Crippen molar-refractivity contribution >= 4 is 11.7 Å². The molecule has 0 aliphatic rings. The number of benzene rings is 1. The fourth-order valence-electron chi connectivity index (χ4n) is 1.61. The number of carbonyl (C=O) groups is 1. The summed E-state index contributed by atoms with van der Waals surface area (Å²) in [6, 6.07) is 4.92. The van der Waals surface area contributed by atoms with E-state index in [0.717, 1.165) is 17.8 Å². The Balaban J connectivity index is 2.24. The third kappa shape index (κ3) is 2.32. The van der Waals surface area contributed by atoms with Crippen molar-refractivity contribution in [2.45, 2.75) is 6.92 Å². The van der Waals surface area contributed by atoms with Crippen molar-refractivity contribution in [1.29, 1.82) is 0 Å². The van der Waals surface area contributed by atoms with Gasteiger partial charge in [-0.3, -0.25) is 9.48 Å². The van der Waals surface area contributed by atoms with Crippen LogP contribution >= 0.6 is 0 Å². The molecule has 0 fully saturated rings. The number of nitrogens with one attached hydrogen (secondary N) is 1. The Kier molecular flexibility index (Phi) is 3.01. The predicted octanol–water partition coefficient (Wildman–Crippen LogP) is 1.83. The lowest BCUT2D eigenvalue weighted by Crippen LogP contribution is -2.14. The highest BCUT2D eigenvalue weighted by Crippen LogP contribution is 2.19. The highest BCUT2D eigenvalue weighted by Gasteiger charge is 2.13. The molecule has 0 aliphatic heterocycles. The number of aromatic hydroxyl groups is 1. The summed E-state index contributed by atoms with van der Waals surface area (Å²) in [5.41, 5.74) is 0.770. The molecule has 0 spiro atoms. The lowest BCUT2D eigenvalue weighted by Gasteiger charge is -2.06. The average molecular weight is 249 g/mol. The van der Waals surface area contributed by atoms with Crippen LogP contribution in [0.3, 0.4) is 0 Å². The first-order chi connectivity index (χ1) is 8.47. The second kappa shape index (κ2) is 4.48. The van der Waals surface area contributed by atoms with Crippen LogP contribution in [0, 0.1) is 12.7 Å². The largest absolute Gasteiger partial charge is 0.507 e. The molecule has 2 N–H and O–H groups in total. The molecule has 0 bridgehead atoms. The average Bonchev–Trinajstić information content (AvgIpc) is 2.57. The highest BCUT2D eigenvalue weighted by atomic mass is 19.1. The number of amides is 1. The second-order valence-electron chi connectivity index (χ2n) is 3.91. The zero-order chi connectivity index (χ0) is 13.3. The van der Waals surface area contributed by atoms with E-state index in [9.17, 15) is 14.3 Å². The molecule has 0 aliphatic carbocycles. The van der Waals surface area contributed by atoms with Gasteiger partial charge < -0.3 is 10.4 Å². The van der Waals surface area contributed by atoms with E-state index < -0.39 is 17.5 Å². The Morgan fingerprint density at radius 2 is 2.17 bits per heavy atom. The Labute approximate surface area is 103 Å². The minimum Gasteiger partial charge on any atom is -0.507 e. The van der Waals surface area contributed by atoms with Crippen LogP contribution in [0.15, 0.2) is 24.3 Å². The summed E-state index contributed by atoms with van der Waals surface area (Å²) < 4.78 is 14.3. The number of phenolic OH excluding ortho intramolecular Hbond substituents is 1. The fraction of sp³-hybridized carbons (Fsp3) is 0.167. The molecule has 1 amide bonds. The van der Waals surface area contributed by atoms with Gasteiger partial charge in [-0.15, -0.1) is 0 Å². The monoisotopic (exact) mass is 249 g/mol. The third-order valence-electron chi connectivity index (χ3n) is 2.45. The summed E-state index contributed by atoms with van der Waals surface area (Å²) in [5.74, 6) is -1.01. The van der Waals surface area contributed by atoms with Crippen molar-refractivity contribution in [1.82, 2.24) is 9.78 Å². The summed E-state index contributed by atoms with van der Waals surface area (Å²) in [6.07, 6.45) is 0. The van der Waals surface area contributed by atoms with Crippen molar-refractivity contribution in [2.24, 2.45) is 7.05 Å². The molecule has 2 rings (SSSR count). The predicted molar refractivity (Wildman–Crippen MR) is 64.0 cm³/mol. The Morgan fingerprint density at radius 3 is 2.72 bits per heavy atom. The van der Waals surface area contributed by atoms with Gasteiger partial charge in [0.1, 0.15) is 17.4 Å². The van der Waals surface area contributed by atoms with E-state index in [-0.39, 0.29) is 5.56 Å². The molecule has 0 unspecified atom stereocenters. The summed E-state index contributed by atoms with van der Waals surface area (Å²) >= 11 is 0. The molecule has 18 heavy (non-hydrogen) atoms. The molecule has 0 radical (unpaired) electrons. The molecular formula is C12H12FN3O2. The first kappa shape index (κ1) is 12.1. The van der Waals surface area contributed by atoms with E-state index in [4.69, 9.17) is 0 Å². The maximum atomic E-state index is 12.8. The van der Waals surface area contributed by atoms with E-state index in [1.54, 1.807) is 20.0 Å². The van der Waals surface area contributed by atoms with Crippen molar-refractivity contribution in [3.8, 4) is 5.75 Å². The van der Waals surface area contributed by atoms with Crippen LogP contribution in [0.2, 0.25) is 0 Å². The molecule has 0 saturated heterocycles. The van der Waals surface area contributed by atoms with Gasteiger partial charge in [0, 0.05) is 19.2 Å². The topological polar surface area (TPSA) is 67.2 Å². The smallest absolute Gasteiger partial charge is 0.260 e. The van der Waals surface area contributed by atoms with Gasteiger partial charge in [0.15, 0.2) is 0 Å². The van der Waals surface area contributed by atoms with E-state index in [1.807, 2.05) is 0 Å². The van der Waals surface area contributed by atoms with Crippen molar-refractivity contribution in [3.05, 3.63) is 41.3 Å². The maximum Gasteiger partial charge on any atom is 0.260 e. The van der Waals surface area contributed by atoms with Gasteiger partial charge in [0.05, 0.1) is 11.3 Å². The van der Waals surface area contributed by atoms with Crippen molar-refractivity contribution in [3.63, 3.8) is 0 Å². The van der Waals surface area contributed by atoms with E-state index in [0.29, 0.717) is 5.82 Å². The molecule has 1 aromatic carbocycles. The zero-order valence-electron chi connectivity index (χ0n) is 9.94. The fourth-order valence-corrected chi connectivity index (χ4v) is 1.61. The second-order valence-corrected chi connectivity index (χ2v) is 3.91. The van der Waals surface area contributed by atoms with E-state index in [1.165, 1.54) is 10.7 Å². The van der Waals surface area contributed by atoms with Crippen molar-refractivity contribution < 1.29 is 14.3 Å². The van der Waals surface area contributed by atoms with Gasteiger partial charge in [-0.25, -0.2) is 4.39 Å². The Morgan fingerprint density at radius 1 is 1.44 bits per heavy atom. The van der Waals surface area contributed by atoms with E-state index in [2.05, 4.69) is 10.4 Å². The van der Waals surface area contributed by atoms with Gasteiger partial charge >= 0.3 is 0 Å². The maximum absolute atomic E-state index is 12.8. The Hall–Kier alpha value is -2.37. The standard InChI is InChI=1S/C12H12FN3O2/c1-7-5-11(16(2)15-7)14-12(18)9-4-3-8(13)6-10(9)17/h3-6,17H,1-2H3,(H,14,18). The van der Waals surface area contributed by atoms with Crippen LogP contribution in [0.1, 0.15) is 16.1 Å². The summed E-state index contributed by atoms with van der Waals surface area (Å²) in [7, 11) is 1.69. The molecule has 2 aromatic rings. The van der Waals surface area contributed by atoms with Crippen LogP contribution in [0.25, 0.3) is 0 Å². The van der Waals surface area contributed by atoms with Crippen molar-refractivity contribution in [2.75, 3.05) is 5.32 Å². The summed E-state index contributed by atoms with van der Waals surface area (Å²) in [5, 5.41) is 16.2. The number of halogens is 1. The van der Waals surface area contributed by atoms with E-state index >= 15 is 0 Å². The lowest BCUT2D eigenvalue weighted by molar-refractivity contribution is 0.102. The van der Waals surface area contributed by atoms with Gasteiger partial charge in [0.2, 0.25) is 0 Å². The Bertz CT molecular complexity index is 607. The van der Waals surface area contributed by atoms with Gasteiger partial charge in [-0.1, -0.05) is 0 Å². The number of nitrogens with zero attached hydrogens (tertiary/aromatic N) is 2. The highest BCUT2D eigenvalue weighted by molar-refractivity contribution is 6.05. The van der Waals surface area contributed by atoms with Crippen LogP contribution in [-0.2, 0) is 7.05 Å². The number of anilines is 1. The molecule has 5 nitrogen and oxygen atoms in total. The number of aryl methyl sites for hydroxylation is 2. The molecule has 1 heterocycles. The first-order valence-corrected chi connectivity index (χ1v) is 5.28. The summed E-state index contributed by atoms with van der Waals surface area (Å²) in [6.45, 7) is 1.80. The number of hydrogen-bond donors (Lipinski definition) is 2. The third-order valence-corrected chi connectivity index (χ3v) is 2.45. The lowest BCUT2D eigenvalue weighted by atomic mass is 10.2. The SMILES string of the molecule is Cc1cc(NC(=O)c2ccc(F)cc2O)n(C)n1. The van der Waals surface area contributed by atoms with Gasteiger partial charge in [0.25, 0.3) is 5.91 Å². The minimum atomic E-state index is -0.597. The first-order valence-electron chi connectivity index (χ1n) is 5.28. The molecule has 0 atom stereocenters. The molecule has 0 saturated carbocycles. The van der Waals surface area contributed by atoms with Crippen LogP contribution in [0.5, 0.6) is 5.75 Å². The zero-order valence-corrected chi connectivity index (χ0v) is 9.94. The number of carbonyl (C=O) groups excluding carboxylic acids is 1. The summed E-state index contributed by atoms with van der Waals surface area (Å²) in [4.78, 5) is 11.9. The number of rotatable bonds is 2. The quantitative estimate of drug-likeness (QED) is 0.853. The molecule has 94 valence electrons. The number of phenols is 1. The molecule has 1 aromatic heterocycles. The van der Waals surface area contributed by atoms with Gasteiger partial charge in [-0.05, 0) is 19.1 Å². The van der Waals surface area contributed by atoms with Crippen LogP contribution in [0.4, 0.5) is 10.2 Å². The van der Waals surface area contributed by atoms with Crippen LogP contribution in [-0.4, -0.2) is 20.8 Å². The molecule has 6 heteroatoms. The minimum absolute atomic E-state index is 0.00949. The normalized spacial score (nSPS) is 10.4.